The van der Waals surface area contributed by atoms with Crippen LogP contribution in [-0.2, 0) is 0 Å². The van der Waals surface area contributed by atoms with Crippen molar-refractivity contribution in [3.8, 4) is 0 Å². The number of nitrogens with one attached hydrogen (secondary N) is 2. The highest BCUT2D eigenvalue weighted by molar-refractivity contribution is 7.99. The minimum absolute atomic E-state index is 0.168. The second-order valence-corrected chi connectivity index (χ2v) is 5.20. The fraction of sp³-hybridized carbons (Fsp3) is 0.583. The molecule has 18 heavy (non-hydrogen) atoms. The molecule has 1 amide bonds. The molecule has 1 aromatic rings. The third-order valence-electron chi connectivity index (χ3n) is 2.49. The number of hydrogen-bond donors (Lipinski definition) is 2. The Morgan fingerprint density at radius 2 is 2.22 bits per heavy atom. The minimum atomic E-state index is -0.168. The first-order chi connectivity index (χ1) is 8.67. The van der Waals surface area contributed by atoms with Crippen LogP contribution in [0.15, 0.2) is 12.1 Å². The predicted molar refractivity (Wildman–Crippen MR) is 76.1 cm³/mol. The van der Waals surface area contributed by atoms with Crippen molar-refractivity contribution in [1.82, 2.24) is 15.5 Å². The normalized spacial score (nSPS) is 11.9. The van der Waals surface area contributed by atoms with Gasteiger partial charge in [-0.1, -0.05) is 6.92 Å². The van der Waals surface area contributed by atoms with Crippen molar-refractivity contribution in [3.05, 3.63) is 17.8 Å². The van der Waals surface area contributed by atoms with Crippen molar-refractivity contribution in [1.29, 1.82) is 0 Å². The second-order valence-electron chi connectivity index (χ2n) is 3.93. The molecular weight excluding hydrogens is 248 g/mol. The summed E-state index contributed by atoms with van der Waals surface area (Å²) in [5.74, 6) is 0.518. The number of anilines is 1. The van der Waals surface area contributed by atoms with Crippen molar-refractivity contribution in [3.63, 3.8) is 0 Å². The molecule has 5 nitrogen and oxygen atoms in total. The summed E-state index contributed by atoms with van der Waals surface area (Å²) in [6.45, 7) is 5.57. The molecule has 0 fully saturated rings. The van der Waals surface area contributed by atoms with Crippen LogP contribution >= 0.6 is 11.8 Å². The summed E-state index contributed by atoms with van der Waals surface area (Å²) in [7, 11) is 0. The van der Waals surface area contributed by atoms with Crippen LogP contribution < -0.4 is 10.6 Å². The third kappa shape index (κ3) is 4.91. The topological polar surface area (TPSA) is 66.9 Å². The van der Waals surface area contributed by atoms with E-state index in [0.29, 0.717) is 23.3 Å². The van der Waals surface area contributed by atoms with Crippen molar-refractivity contribution < 1.29 is 4.79 Å². The molecule has 0 aliphatic rings. The Bertz CT molecular complexity index is 369. The van der Waals surface area contributed by atoms with Crippen molar-refractivity contribution in [2.45, 2.75) is 25.5 Å². The Morgan fingerprint density at radius 3 is 2.78 bits per heavy atom. The number of nitrogens with zero attached hydrogens (tertiary/aromatic N) is 2. The summed E-state index contributed by atoms with van der Waals surface area (Å²) < 4.78 is 0. The lowest BCUT2D eigenvalue weighted by Crippen LogP contribution is -2.27. The lowest BCUT2D eigenvalue weighted by Gasteiger charge is -2.08. The summed E-state index contributed by atoms with van der Waals surface area (Å²) in [4.78, 5) is 11.7. The predicted octanol–water partition coefficient (Wildman–Crippen LogP) is 1.78. The Balaban J connectivity index is 2.41. The summed E-state index contributed by atoms with van der Waals surface area (Å²) in [6.07, 6.45) is 3.02. The van der Waals surface area contributed by atoms with Crippen molar-refractivity contribution in [2.75, 3.05) is 24.7 Å². The molecule has 0 radical (unpaired) electrons. The maximum absolute atomic E-state index is 11.7. The van der Waals surface area contributed by atoms with Gasteiger partial charge in [0.1, 0.15) is 5.82 Å². The summed E-state index contributed by atoms with van der Waals surface area (Å²) in [6, 6.07) is 3.44. The minimum Gasteiger partial charge on any atom is -0.369 e. The van der Waals surface area contributed by atoms with E-state index in [1.54, 1.807) is 23.9 Å². The van der Waals surface area contributed by atoms with Gasteiger partial charge in [-0.3, -0.25) is 4.79 Å². The first-order valence-corrected chi connectivity index (χ1v) is 7.34. The fourth-order valence-electron chi connectivity index (χ4n) is 1.33. The van der Waals surface area contributed by atoms with Gasteiger partial charge < -0.3 is 10.6 Å². The molecule has 1 heterocycles. The largest absolute Gasteiger partial charge is 0.369 e. The number of hydrogen-bond acceptors (Lipinski definition) is 5. The lowest BCUT2D eigenvalue weighted by atomic mass is 10.3. The van der Waals surface area contributed by atoms with E-state index in [0.717, 1.165) is 13.0 Å². The van der Waals surface area contributed by atoms with Gasteiger partial charge in [0.15, 0.2) is 5.69 Å². The van der Waals surface area contributed by atoms with E-state index in [4.69, 9.17) is 0 Å². The van der Waals surface area contributed by atoms with Crippen LogP contribution in [0, 0.1) is 0 Å². The van der Waals surface area contributed by atoms with Gasteiger partial charge in [0.2, 0.25) is 0 Å². The zero-order valence-corrected chi connectivity index (χ0v) is 11.9. The highest BCUT2D eigenvalue weighted by Crippen LogP contribution is 2.08. The Labute approximate surface area is 112 Å². The van der Waals surface area contributed by atoms with Gasteiger partial charge in [0, 0.05) is 18.3 Å². The number of carbonyl (C=O) groups is 1. The molecule has 1 unspecified atom stereocenters. The van der Waals surface area contributed by atoms with Crippen LogP contribution in [0.25, 0.3) is 0 Å². The van der Waals surface area contributed by atoms with E-state index >= 15 is 0 Å². The molecule has 0 saturated carbocycles. The van der Waals surface area contributed by atoms with Crippen LogP contribution in [0.2, 0.25) is 0 Å². The summed E-state index contributed by atoms with van der Waals surface area (Å²) in [5.41, 5.74) is 0.355. The molecular formula is C12H20N4OS. The van der Waals surface area contributed by atoms with Gasteiger partial charge in [-0.2, -0.15) is 11.8 Å². The van der Waals surface area contributed by atoms with Crippen LogP contribution in [0.4, 0.5) is 5.82 Å². The van der Waals surface area contributed by atoms with E-state index in [1.807, 2.05) is 6.92 Å². The SMILES string of the molecule is CCNc1ccc(C(=O)NCCC(C)SC)nn1. The molecule has 0 saturated heterocycles. The Kier molecular flexibility index (Phi) is 6.49. The Morgan fingerprint density at radius 1 is 1.44 bits per heavy atom. The van der Waals surface area contributed by atoms with Crippen LogP contribution in [0.5, 0.6) is 0 Å². The maximum Gasteiger partial charge on any atom is 0.271 e. The average Bonchev–Trinajstić information content (AvgIpc) is 2.39. The maximum atomic E-state index is 11.7. The van der Waals surface area contributed by atoms with E-state index < -0.39 is 0 Å². The van der Waals surface area contributed by atoms with Crippen LogP contribution in [0.3, 0.4) is 0 Å². The van der Waals surface area contributed by atoms with Crippen molar-refractivity contribution >= 4 is 23.5 Å². The van der Waals surface area contributed by atoms with Gasteiger partial charge in [-0.15, -0.1) is 10.2 Å². The molecule has 6 heteroatoms. The van der Waals surface area contributed by atoms with E-state index in [9.17, 15) is 4.79 Å². The molecule has 0 aliphatic heterocycles. The quantitative estimate of drug-likeness (QED) is 0.789. The van der Waals surface area contributed by atoms with Gasteiger partial charge in [0.25, 0.3) is 5.91 Å². The average molecular weight is 268 g/mol. The van der Waals surface area contributed by atoms with Crippen molar-refractivity contribution in [2.24, 2.45) is 0 Å². The number of amides is 1. The molecule has 1 aromatic heterocycles. The first kappa shape index (κ1) is 14.8. The molecule has 100 valence electrons. The van der Waals surface area contributed by atoms with Gasteiger partial charge >= 0.3 is 0 Å². The zero-order chi connectivity index (χ0) is 13.4. The monoisotopic (exact) mass is 268 g/mol. The summed E-state index contributed by atoms with van der Waals surface area (Å²) >= 11 is 1.79. The van der Waals surface area contributed by atoms with E-state index in [1.165, 1.54) is 0 Å². The molecule has 1 rings (SSSR count). The molecule has 0 aliphatic carbocycles. The fourth-order valence-corrected chi connectivity index (χ4v) is 1.68. The molecule has 2 N–H and O–H groups in total. The molecule has 0 spiro atoms. The highest BCUT2D eigenvalue weighted by atomic mass is 32.2. The Hall–Kier alpha value is -1.30. The number of thioether (sulfide) groups is 1. The molecule has 0 aromatic carbocycles. The number of aromatic nitrogens is 2. The standard InChI is InChI=1S/C12H20N4OS/c1-4-13-11-6-5-10(15-16-11)12(17)14-8-7-9(2)18-3/h5-6,9H,4,7-8H2,1-3H3,(H,13,16)(H,14,17). The summed E-state index contributed by atoms with van der Waals surface area (Å²) in [5, 5.41) is 14.2. The zero-order valence-electron chi connectivity index (χ0n) is 11.1. The van der Waals surface area contributed by atoms with Crippen LogP contribution in [0.1, 0.15) is 30.8 Å². The lowest BCUT2D eigenvalue weighted by molar-refractivity contribution is 0.0947. The molecule has 1 atom stereocenters. The van der Waals surface area contributed by atoms with Crippen LogP contribution in [-0.4, -0.2) is 40.7 Å². The highest BCUT2D eigenvalue weighted by Gasteiger charge is 2.08. The number of rotatable bonds is 7. The van der Waals surface area contributed by atoms with Gasteiger partial charge in [-0.25, -0.2) is 0 Å². The van der Waals surface area contributed by atoms with E-state index in [-0.39, 0.29) is 5.91 Å². The number of carbonyl (C=O) groups excluding carboxylic acids is 1. The first-order valence-electron chi connectivity index (χ1n) is 6.06. The third-order valence-corrected chi connectivity index (χ3v) is 3.53. The van der Waals surface area contributed by atoms with E-state index in [2.05, 4.69) is 34.0 Å². The van der Waals surface area contributed by atoms with Gasteiger partial charge in [0.05, 0.1) is 0 Å². The van der Waals surface area contributed by atoms with Gasteiger partial charge in [-0.05, 0) is 31.7 Å². The second kappa shape index (κ2) is 7.92. The smallest absolute Gasteiger partial charge is 0.271 e. The molecule has 0 bridgehead atoms.